The van der Waals surface area contributed by atoms with Crippen molar-refractivity contribution in [3.05, 3.63) is 50.1 Å². The van der Waals surface area contributed by atoms with Crippen LogP contribution < -0.4 is 15.6 Å². The van der Waals surface area contributed by atoms with Crippen LogP contribution in [0.4, 0.5) is 0 Å². The van der Waals surface area contributed by atoms with Gasteiger partial charge in [-0.25, -0.2) is 13.1 Å². The number of hydrogen-bond acceptors (Lipinski definition) is 5. The van der Waals surface area contributed by atoms with Crippen LogP contribution in [0.5, 0.6) is 0 Å². The summed E-state index contributed by atoms with van der Waals surface area (Å²) in [6.07, 6.45) is 0.731. The molecule has 1 aromatic carbocycles. The fourth-order valence-electron chi connectivity index (χ4n) is 2.23. The Balaban J connectivity index is 1.78. The standard InChI is InChI=1S/C17H20BrN3O4S2/c1-3-14-11(2)10-15(26-14)17(23)21-20-16(22)8-9-19-27(24,25)13-6-4-12(18)5-7-13/h4-7,10,19H,3,8-9H2,1-2H3,(H,20,22)(H,21,23). The van der Waals surface area contributed by atoms with Crippen LogP contribution in [-0.2, 0) is 21.2 Å². The Morgan fingerprint density at radius 1 is 1.15 bits per heavy atom. The summed E-state index contributed by atoms with van der Waals surface area (Å²) in [4.78, 5) is 25.6. The molecule has 27 heavy (non-hydrogen) atoms. The molecule has 0 unspecified atom stereocenters. The first-order chi connectivity index (χ1) is 12.7. The second kappa shape index (κ2) is 9.45. The van der Waals surface area contributed by atoms with Crippen LogP contribution in [0.2, 0.25) is 0 Å². The van der Waals surface area contributed by atoms with Gasteiger partial charge in [0, 0.05) is 22.3 Å². The monoisotopic (exact) mass is 473 g/mol. The van der Waals surface area contributed by atoms with E-state index in [9.17, 15) is 18.0 Å². The molecule has 0 aliphatic carbocycles. The van der Waals surface area contributed by atoms with Crippen LogP contribution in [-0.4, -0.2) is 26.8 Å². The van der Waals surface area contributed by atoms with Crippen LogP contribution in [0, 0.1) is 6.92 Å². The number of carbonyl (C=O) groups is 2. The van der Waals surface area contributed by atoms with E-state index >= 15 is 0 Å². The summed E-state index contributed by atoms with van der Waals surface area (Å²) in [5, 5.41) is 0. The molecule has 0 radical (unpaired) electrons. The molecule has 0 saturated carbocycles. The van der Waals surface area contributed by atoms with Gasteiger partial charge in [0.1, 0.15) is 0 Å². The number of sulfonamides is 1. The predicted octanol–water partition coefficient (Wildman–Crippen LogP) is 2.51. The molecule has 7 nitrogen and oxygen atoms in total. The second-order valence-electron chi connectivity index (χ2n) is 5.67. The molecule has 0 atom stereocenters. The van der Waals surface area contributed by atoms with E-state index in [0.717, 1.165) is 21.3 Å². The predicted molar refractivity (Wildman–Crippen MR) is 108 cm³/mol. The number of hydrogen-bond donors (Lipinski definition) is 3. The SMILES string of the molecule is CCc1sc(C(=O)NNC(=O)CCNS(=O)(=O)c2ccc(Br)cc2)cc1C. The third-order valence-corrected chi connectivity index (χ3v) is 7.03. The minimum Gasteiger partial charge on any atom is -0.273 e. The maximum atomic E-state index is 12.1. The van der Waals surface area contributed by atoms with Gasteiger partial charge in [0.25, 0.3) is 5.91 Å². The first-order valence-electron chi connectivity index (χ1n) is 8.16. The zero-order chi connectivity index (χ0) is 20.0. The molecule has 0 fully saturated rings. The number of benzene rings is 1. The number of hydrazine groups is 1. The highest BCUT2D eigenvalue weighted by Gasteiger charge is 2.15. The van der Waals surface area contributed by atoms with Gasteiger partial charge >= 0.3 is 0 Å². The van der Waals surface area contributed by atoms with E-state index in [-0.39, 0.29) is 17.9 Å². The van der Waals surface area contributed by atoms with Gasteiger partial charge in [-0.15, -0.1) is 11.3 Å². The lowest BCUT2D eigenvalue weighted by Crippen LogP contribution is -2.42. The molecular weight excluding hydrogens is 454 g/mol. The van der Waals surface area contributed by atoms with Gasteiger partial charge in [-0.1, -0.05) is 22.9 Å². The topological polar surface area (TPSA) is 104 Å². The Morgan fingerprint density at radius 3 is 2.41 bits per heavy atom. The van der Waals surface area contributed by atoms with Crippen molar-refractivity contribution in [2.75, 3.05) is 6.54 Å². The van der Waals surface area contributed by atoms with E-state index in [1.807, 2.05) is 13.8 Å². The van der Waals surface area contributed by atoms with Crippen molar-refractivity contribution in [1.82, 2.24) is 15.6 Å². The van der Waals surface area contributed by atoms with Crippen molar-refractivity contribution >= 4 is 49.1 Å². The van der Waals surface area contributed by atoms with E-state index in [1.165, 1.54) is 23.5 Å². The summed E-state index contributed by atoms with van der Waals surface area (Å²) in [6, 6.07) is 7.93. The average Bonchev–Trinajstić information content (AvgIpc) is 3.01. The average molecular weight is 474 g/mol. The van der Waals surface area contributed by atoms with Crippen molar-refractivity contribution in [3.63, 3.8) is 0 Å². The first kappa shape index (κ1) is 21.5. The van der Waals surface area contributed by atoms with E-state index in [1.54, 1.807) is 18.2 Å². The Labute approximate surface area is 170 Å². The first-order valence-corrected chi connectivity index (χ1v) is 11.3. The maximum absolute atomic E-state index is 12.1. The van der Waals surface area contributed by atoms with Gasteiger partial charge in [-0.05, 0) is 49.2 Å². The Bertz CT molecular complexity index is 924. The summed E-state index contributed by atoms with van der Waals surface area (Å²) in [7, 11) is -3.69. The minimum atomic E-state index is -3.69. The summed E-state index contributed by atoms with van der Waals surface area (Å²) in [5.41, 5.74) is 5.67. The molecule has 0 bridgehead atoms. The van der Waals surface area contributed by atoms with Crippen molar-refractivity contribution in [3.8, 4) is 0 Å². The molecule has 3 N–H and O–H groups in total. The second-order valence-corrected chi connectivity index (χ2v) is 9.49. The number of thiophene rings is 1. The molecule has 1 aromatic heterocycles. The molecule has 1 heterocycles. The normalized spacial score (nSPS) is 11.2. The molecule has 2 amide bonds. The van der Waals surface area contributed by atoms with E-state index in [0.29, 0.717) is 4.88 Å². The summed E-state index contributed by atoms with van der Waals surface area (Å²) in [6.45, 7) is 3.86. The third kappa shape index (κ3) is 6.13. The molecule has 146 valence electrons. The molecule has 2 aromatic rings. The largest absolute Gasteiger partial charge is 0.279 e. The molecule has 10 heteroatoms. The van der Waals surface area contributed by atoms with Crippen LogP contribution in [0.1, 0.15) is 33.5 Å². The van der Waals surface area contributed by atoms with Gasteiger partial charge < -0.3 is 0 Å². The lowest BCUT2D eigenvalue weighted by molar-refractivity contribution is -0.121. The molecule has 0 aliphatic heterocycles. The smallest absolute Gasteiger partial charge is 0.273 e. The molecule has 0 aliphatic rings. The number of aryl methyl sites for hydroxylation is 2. The highest BCUT2D eigenvalue weighted by Crippen LogP contribution is 2.22. The molecular formula is C17H20BrN3O4S2. The number of rotatable bonds is 7. The number of amides is 2. The van der Waals surface area contributed by atoms with Crippen LogP contribution in [0.15, 0.2) is 39.7 Å². The van der Waals surface area contributed by atoms with E-state index in [2.05, 4.69) is 31.5 Å². The number of halogens is 1. The highest BCUT2D eigenvalue weighted by atomic mass is 79.9. The molecule has 2 rings (SSSR count). The van der Waals surface area contributed by atoms with Crippen LogP contribution >= 0.6 is 27.3 Å². The van der Waals surface area contributed by atoms with E-state index < -0.39 is 21.8 Å². The van der Waals surface area contributed by atoms with Gasteiger partial charge in [-0.3, -0.25) is 20.4 Å². The van der Waals surface area contributed by atoms with Crippen LogP contribution in [0.3, 0.4) is 0 Å². The van der Waals surface area contributed by atoms with Crippen LogP contribution in [0.25, 0.3) is 0 Å². The maximum Gasteiger partial charge on any atom is 0.279 e. The van der Waals surface area contributed by atoms with Crippen molar-refractivity contribution in [2.45, 2.75) is 31.6 Å². The Morgan fingerprint density at radius 2 is 1.81 bits per heavy atom. The summed E-state index contributed by atoms with van der Waals surface area (Å²) in [5.74, 6) is -0.891. The third-order valence-electron chi connectivity index (χ3n) is 3.65. The minimum absolute atomic E-state index is 0.0851. The lowest BCUT2D eigenvalue weighted by Gasteiger charge is -2.08. The van der Waals surface area contributed by atoms with Gasteiger partial charge in [0.05, 0.1) is 9.77 Å². The van der Waals surface area contributed by atoms with Gasteiger partial charge in [-0.2, -0.15) is 0 Å². The fourth-order valence-corrected chi connectivity index (χ4v) is 4.53. The van der Waals surface area contributed by atoms with Crippen molar-refractivity contribution in [1.29, 1.82) is 0 Å². The molecule has 0 saturated heterocycles. The summed E-state index contributed by atoms with van der Waals surface area (Å²) < 4.78 is 27.3. The fraction of sp³-hybridized carbons (Fsp3) is 0.294. The van der Waals surface area contributed by atoms with Gasteiger partial charge in [0.15, 0.2) is 0 Å². The highest BCUT2D eigenvalue weighted by molar-refractivity contribution is 9.10. The quantitative estimate of drug-likeness (QED) is 0.537. The Kier molecular flexibility index (Phi) is 7.54. The van der Waals surface area contributed by atoms with Crippen molar-refractivity contribution in [2.24, 2.45) is 0 Å². The lowest BCUT2D eigenvalue weighted by atomic mass is 10.2. The van der Waals surface area contributed by atoms with Crippen molar-refractivity contribution < 1.29 is 18.0 Å². The Hall–Kier alpha value is -1.75. The zero-order valence-electron chi connectivity index (χ0n) is 14.8. The number of nitrogens with one attached hydrogen (secondary N) is 3. The number of carbonyl (C=O) groups excluding carboxylic acids is 2. The molecule has 0 spiro atoms. The van der Waals surface area contributed by atoms with E-state index in [4.69, 9.17) is 0 Å². The summed E-state index contributed by atoms with van der Waals surface area (Å²) >= 11 is 4.62. The zero-order valence-corrected chi connectivity index (χ0v) is 18.1. The van der Waals surface area contributed by atoms with Gasteiger partial charge in [0.2, 0.25) is 15.9 Å².